The highest BCUT2D eigenvalue weighted by molar-refractivity contribution is 6.31. The molecule has 0 spiro atoms. The average molecular weight is 422 g/mol. The first-order valence-corrected chi connectivity index (χ1v) is 8.94. The molecule has 29 heavy (non-hydrogen) atoms. The third-order valence-corrected chi connectivity index (χ3v) is 4.56. The first kappa shape index (κ1) is 20.4. The second kappa shape index (κ2) is 8.35. The molecule has 1 N–H and O–H groups in total. The van der Waals surface area contributed by atoms with Gasteiger partial charge in [-0.2, -0.15) is 4.68 Å². The molecule has 0 saturated heterocycles. The lowest BCUT2D eigenvalue weighted by Gasteiger charge is -2.09. The van der Waals surface area contributed by atoms with E-state index in [-0.39, 0.29) is 41.3 Å². The molecule has 2 heterocycles. The number of aryl methyl sites for hydroxylation is 1. The Labute approximate surface area is 169 Å². The summed E-state index contributed by atoms with van der Waals surface area (Å²) in [7, 11) is 0. The van der Waals surface area contributed by atoms with Gasteiger partial charge in [-0.1, -0.05) is 24.6 Å². The van der Waals surface area contributed by atoms with Gasteiger partial charge in [0.15, 0.2) is 0 Å². The number of nitro groups is 1. The standard InChI is InChI=1S/C17H17ClFN7O3/c1-10(7-25-11(2)6-15(22-25)26(28)29)16(27)21-17-20-9-24(23-17)8-12-13(18)4-3-5-14(12)19/h3-6,9-10H,7-8H2,1-2H3,(H,21,23,27). The Hall–Kier alpha value is -3.34. The minimum absolute atomic E-state index is 0.0532. The van der Waals surface area contributed by atoms with Gasteiger partial charge in [-0.25, -0.2) is 14.1 Å². The smallest absolute Gasteiger partial charge is 0.358 e. The fraction of sp³-hybridized carbons (Fsp3) is 0.294. The highest BCUT2D eigenvalue weighted by Crippen LogP contribution is 2.20. The fourth-order valence-electron chi connectivity index (χ4n) is 2.62. The summed E-state index contributed by atoms with van der Waals surface area (Å²) in [4.78, 5) is 26.6. The van der Waals surface area contributed by atoms with E-state index in [2.05, 4.69) is 20.5 Å². The van der Waals surface area contributed by atoms with E-state index in [1.165, 1.54) is 33.9 Å². The van der Waals surface area contributed by atoms with Gasteiger partial charge < -0.3 is 10.1 Å². The number of hydrogen-bond donors (Lipinski definition) is 1. The normalized spacial score (nSPS) is 12.0. The van der Waals surface area contributed by atoms with Crippen LogP contribution in [0.15, 0.2) is 30.6 Å². The van der Waals surface area contributed by atoms with Gasteiger partial charge in [0, 0.05) is 10.6 Å². The summed E-state index contributed by atoms with van der Waals surface area (Å²) >= 11 is 6.00. The lowest BCUT2D eigenvalue weighted by atomic mass is 10.1. The predicted molar refractivity (Wildman–Crippen MR) is 102 cm³/mol. The Morgan fingerprint density at radius 1 is 1.41 bits per heavy atom. The van der Waals surface area contributed by atoms with Crippen molar-refractivity contribution in [2.45, 2.75) is 26.9 Å². The molecule has 1 aromatic carbocycles. The number of carbonyl (C=O) groups is 1. The molecule has 0 aliphatic rings. The summed E-state index contributed by atoms with van der Waals surface area (Å²) in [5.74, 6) is -1.62. The number of carbonyl (C=O) groups excluding carboxylic acids is 1. The minimum atomic E-state index is -0.591. The number of anilines is 1. The van der Waals surface area contributed by atoms with E-state index in [9.17, 15) is 19.3 Å². The number of nitrogens with one attached hydrogen (secondary N) is 1. The molecule has 2 aromatic heterocycles. The van der Waals surface area contributed by atoms with Crippen LogP contribution in [0.4, 0.5) is 16.2 Å². The van der Waals surface area contributed by atoms with Crippen molar-refractivity contribution in [1.82, 2.24) is 24.5 Å². The number of amides is 1. The van der Waals surface area contributed by atoms with Gasteiger partial charge in [-0.15, -0.1) is 5.10 Å². The van der Waals surface area contributed by atoms with E-state index in [0.717, 1.165) is 0 Å². The zero-order valence-corrected chi connectivity index (χ0v) is 16.3. The van der Waals surface area contributed by atoms with Gasteiger partial charge in [0.25, 0.3) is 0 Å². The Morgan fingerprint density at radius 2 is 2.17 bits per heavy atom. The SMILES string of the molecule is Cc1cc([N+](=O)[O-])nn1CC(C)C(=O)Nc1ncn(Cc2c(F)cccc2Cl)n1. The minimum Gasteiger partial charge on any atom is -0.358 e. The van der Waals surface area contributed by atoms with Crippen LogP contribution in [0.1, 0.15) is 18.2 Å². The van der Waals surface area contributed by atoms with E-state index in [4.69, 9.17) is 11.6 Å². The number of nitrogens with zero attached hydrogens (tertiary/aromatic N) is 6. The molecular weight excluding hydrogens is 405 g/mol. The lowest BCUT2D eigenvalue weighted by molar-refractivity contribution is -0.389. The third-order valence-electron chi connectivity index (χ3n) is 4.20. The Morgan fingerprint density at radius 3 is 2.83 bits per heavy atom. The summed E-state index contributed by atoms with van der Waals surface area (Å²) in [6, 6.07) is 5.71. The van der Waals surface area contributed by atoms with E-state index in [1.54, 1.807) is 19.9 Å². The first-order chi connectivity index (χ1) is 13.7. The van der Waals surface area contributed by atoms with Crippen LogP contribution in [-0.4, -0.2) is 35.4 Å². The molecule has 10 nitrogen and oxygen atoms in total. The summed E-state index contributed by atoms with van der Waals surface area (Å²) in [5, 5.41) is 21.6. The fourth-order valence-corrected chi connectivity index (χ4v) is 2.84. The lowest BCUT2D eigenvalue weighted by Crippen LogP contribution is -2.25. The molecule has 1 unspecified atom stereocenters. The van der Waals surface area contributed by atoms with Crippen molar-refractivity contribution in [2.24, 2.45) is 5.92 Å². The average Bonchev–Trinajstić information content (AvgIpc) is 3.25. The van der Waals surface area contributed by atoms with Gasteiger partial charge in [0.05, 0.1) is 35.9 Å². The highest BCUT2D eigenvalue weighted by atomic mass is 35.5. The zero-order valence-electron chi connectivity index (χ0n) is 15.5. The zero-order chi connectivity index (χ0) is 21.1. The van der Waals surface area contributed by atoms with Crippen LogP contribution in [-0.2, 0) is 17.9 Å². The Balaban J connectivity index is 1.63. The highest BCUT2D eigenvalue weighted by Gasteiger charge is 2.21. The van der Waals surface area contributed by atoms with Crippen LogP contribution in [0.3, 0.4) is 0 Å². The molecule has 152 valence electrons. The van der Waals surface area contributed by atoms with Crippen LogP contribution >= 0.6 is 11.6 Å². The van der Waals surface area contributed by atoms with Crippen molar-refractivity contribution in [1.29, 1.82) is 0 Å². The molecule has 0 aliphatic carbocycles. The van der Waals surface area contributed by atoms with Crippen LogP contribution in [0.5, 0.6) is 0 Å². The molecule has 3 aromatic rings. The second-order valence-corrected chi connectivity index (χ2v) is 6.85. The number of aromatic nitrogens is 5. The molecule has 0 aliphatic heterocycles. The third kappa shape index (κ3) is 4.74. The van der Waals surface area contributed by atoms with Crippen LogP contribution in [0, 0.1) is 28.8 Å². The maximum Gasteiger partial charge on any atom is 0.390 e. The van der Waals surface area contributed by atoms with E-state index in [1.807, 2.05) is 0 Å². The number of benzene rings is 1. The maximum absolute atomic E-state index is 13.9. The molecule has 12 heteroatoms. The van der Waals surface area contributed by atoms with Crippen molar-refractivity contribution in [2.75, 3.05) is 5.32 Å². The van der Waals surface area contributed by atoms with E-state index < -0.39 is 16.7 Å². The maximum atomic E-state index is 13.9. The van der Waals surface area contributed by atoms with Crippen LogP contribution < -0.4 is 5.32 Å². The molecule has 0 fully saturated rings. The molecule has 0 saturated carbocycles. The van der Waals surface area contributed by atoms with Gasteiger partial charge in [-0.3, -0.25) is 10.1 Å². The van der Waals surface area contributed by atoms with Crippen LogP contribution in [0.25, 0.3) is 0 Å². The monoisotopic (exact) mass is 421 g/mol. The molecule has 0 bridgehead atoms. The largest absolute Gasteiger partial charge is 0.390 e. The quantitative estimate of drug-likeness (QED) is 0.462. The van der Waals surface area contributed by atoms with E-state index >= 15 is 0 Å². The van der Waals surface area contributed by atoms with Crippen molar-refractivity contribution >= 4 is 29.3 Å². The van der Waals surface area contributed by atoms with Crippen molar-refractivity contribution in [3.8, 4) is 0 Å². The van der Waals surface area contributed by atoms with Gasteiger partial charge in [-0.05, 0) is 24.0 Å². The number of hydrogen-bond acceptors (Lipinski definition) is 6. The number of halogens is 2. The topological polar surface area (TPSA) is 121 Å². The van der Waals surface area contributed by atoms with Crippen molar-refractivity contribution < 1.29 is 14.1 Å². The first-order valence-electron chi connectivity index (χ1n) is 8.56. The van der Waals surface area contributed by atoms with E-state index in [0.29, 0.717) is 5.69 Å². The molecular formula is C17H17ClFN7O3. The molecule has 0 radical (unpaired) electrons. The van der Waals surface area contributed by atoms with Gasteiger partial charge >= 0.3 is 5.82 Å². The predicted octanol–water partition coefficient (Wildman–Crippen LogP) is 2.81. The summed E-state index contributed by atoms with van der Waals surface area (Å²) in [6.45, 7) is 3.53. The number of rotatable bonds is 7. The van der Waals surface area contributed by atoms with Crippen molar-refractivity contribution in [3.63, 3.8) is 0 Å². The molecule has 1 amide bonds. The molecule has 1 atom stereocenters. The summed E-state index contributed by atoms with van der Waals surface area (Å²) in [6.07, 6.45) is 1.35. The Kier molecular flexibility index (Phi) is 5.87. The summed E-state index contributed by atoms with van der Waals surface area (Å²) in [5.41, 5.74) is 0.835. The van der Waals surface area contributed by atoms with Gasteiger partial charge in [0.1, 0.15) is 12.1 Å². The molecule has 3 rings (SSSR count). The van der Waals surface area contributed by atoms with Crippen molar-refractivity contribution in [3.05, 3.63) is 62.8 Å². The Bertz CT molecular complexity index is 1040. The summed E-state index contributed by atoms with van der Waals surface area (Å²) < 4.78 is 16.6. The van der Waals surface area contributed by atoms with Crippen LogP contribution in [0.2, 0.25) is 5.02 Å². The second-order valence-electron chi connectivity index (χ2n) is 6.44. The van der Waals surface area contributed by atoms with Gasteiger partial charge in [0.2, 0.25) is 11.9 Å².